The van der Waals surface area contributed by atoms with Gasteiger partial charge >= 0.3 is 0 Å². The zero-order chi connectivity index (χ0) is 17.7. The molecule has 0 saturated heterocycles. The number of nitrogens with one attached hydrogen (secondary N) is 1. The van der Waals surface area contributed by atoms with Crippen LogP contribution in [0, 0.1) is 0 Å². The molecule has 126 valence electrons. The molecular weight excluding hydrogens is 342 g/mol. The van der Waals surface area contributed by atoms with Gasteiger partial charge in [-0.25, -0.2) is 0 Å². The van der Waals surface area contributed by atoms with Crippen molar-refractivity contribution in [3.05, 3.63) is 66.7 Å². The van der Waals surface area contributed by atoms with Crippen molar-refractivity contribution in [3.63, 3.8) is 0 Å². The maximum absolute atomic E-state index is 10.4. The molecule has 4 nitrogen and oxygen atoms in total. The molecule has 0 unspecified atom stereocenters. The first-order valence-corrected chi connectivity index (χ1v) is 9.07. The highest BCUT2D eigenvalue weighted by Crippen LogP contribution is 2.40. The van der Waals surface area contributed by atoms with Crippen molar-refractivity contribution in [2.75, 3.05) is 5.73 Å². The van der Waals surface area contributed by atoms with Crippen LogP contribution in [0.5, 0.6) is 5.75 Å². The van der Waals surface area contributed by atoms with E-state index in [1.54, 1.807) is 17.4 Å². The van der Waals surface area contributed by atoms with E-state index in [1.165, 1.54) is 10.1 Å². The molecule has 0 spiro atoms. The van der Waals surface area contributed by atoms with E-state index in [9.17, 15) is 5.11 Å². The van der Waals surface area contributed by atoms with E-state index < -0.39 is 0 Å². The monoisotopic (exact) mass is 357 g/mol. The van der Waals surface area contributed by atoms with E-state index in [1.807, 2.05) is 42.5 Å². The van der Waals surface area contributed by atoms with Crippen molar-refractivity contribution in [2.24, 2.45) is 0 Å². The van der Waals surface area contributed by atoms with Gasteiger partial charge in [-0.05, 0) is 52.9 Å². The molecule has 0 bridgehead atoms. The van der Waals surface area contributed by atoms with Gasteiger partial charge in [-0.2, -0.15) is 5.10 Å². The number of aromatic nitrogens is 2. The Balaban J connectivity index is 1.66. The Morgan fingerprint density at radius 3 is 2.62 bits per heavy atom. The van der Waals surface area contributed by atoms with Gasteiger partial charge in [0, 0.05) is 20.5 Å². The SMILES string of the molecule is Nc1n[nH]c2ccc(-c3ccc(O)c(-c4cc5ccccc5s4)c3)cc12. The highest BCUT2D eigenvalue weighted by atomic mass is 32.1. The minimum absolute atomic E-state index is 0.282. The van der Waals surface area contributed by atoms with Crippen LogP contribution < -0.4 is 5.73 Å². The lowest BCUT2D eigenvalue weighted by molar-refractivity contribution is 0.477. The van der Waals surface area contributed by atoms with Crippen LogP contribution in [0.25, 0.3) is 42.6 Å². The quantitative estimate of drug-likeness (QED) is 0.396. The topological polar surface area (TPSA) is 74.9 Å². The number of aromatic amines is 1. The third-order valence-corrected chi connectivity index (χ3v) is 5.76. The van der Waals surface area contributed by atoms with E-state index in [0.717, 1.165) is 32.5 Å². The van der Waals surface area contributed by atoms with Gasteiger partial charge in [0.05, 0.1) is 5.52 Å². The second kappa shape index (κ2) is 5.61. The number of thiophene rings is 1. The summed E-state index contributed by atoms with van der Waals surface area (Å²) in [7, 11) is 0. The van der Waals surface area contributed by atoms with Gasteiger partial charge in [0.15, 0.2) is 5.82 Å². The van der Waals surface area contributed by atoms with Crippen molar-refractivity contribution in [1.29, 1.82) is 0 Å². The largest absolute Gasteiger partial charge is 0.507 e. The number of hydrogen-bond acceptors (Lipinski definition) is 4. The second-order valence-corrected chi connectivity index (χ2v) is 7.33. The zero-order valence-electron chi connectivity index (χ0n) is 13.7. The Hall–Kier alpha value is -3.31. The molecule has 0 aliphatic heterocycles. The lowest BCUT2D eigenvalue weighted by Gasteiger charge is -2.07. The first kappa shape index (κ1) is 15.0. The number of nitrogens with zero attached hydrogens (tertiary/aromatic N) is 1. The van der Waals surface area contributed by atoms with E-state index >= 15 is 0 Å². The number of hydrogen-bond donors (Lipinski definition) is 3. The number of nitrogen functional groups attached to an aromatic ring is 1. The summed E-state index contributed by atoms with van der Waals surface area (Å²) in [4.78, 5) is 1.05. The van der Waals surface area contributed by atoms with Crippen LogP contribution in [0.1, 0.15) is 0 Å². The summed E-state index contributed by atoms with van der Waals surface area (Å²) >= 11 is 1.68. The molecule has 0 aliphatic rings. The molecule has 5 aromatic rings. The van der Waals surface area contributed by atoms with Gasteiger partial charge in [-0.1, -0.05) is 30.3 Å². The minimum Gasteiger partial charge on any atom is -0.507 e. The maximum Gasteiger partial charge on any atom is 0.153 e. The molecule has 0 aliphatic carbocycles. The molecule has 5 rings (SSSR count). The van der Waals surface area contributed by atoms with Gasteiger partial charge in [-0.3, -0.25) is 5.10 Å². The van der Waals surface area contributed by atoms with Crippen LogP contribution in [0.3, 0.4) is 0 Å². The average molecular weight is 357 g/mol. The van der Waals surface area contributed by atoms with Crippen LogP contribution in [0.4, 0.5) is 5.82 Å². The number of phenolic OH excluding ortho intramolecular Hbond substituents is 1. The number of nitrogens with two attached hydrogens (primary N) is 1. The van der Waals surface area contributed by atoms with Crippen LogP contribution in [-0.4, -0.2) is 15.3 Å². The molecule has 2 heterocycles. The van der Waals surface area contributed by atoms with Crippen molar-refractivity contribution >= 4 is 38.1 Å². The fraction of sp³-hybridized carbons (Fsp3) is 0. The van der Waals surface area contributed by atoms with Gasteiger partial charge in [0.1, 0.15) is 5.75 Å². The van der Waals surface area contributed by atoms with Crippen LogP contribution in [0.2, 0.25) is 0 Å². The number of H-pyrrole nitrogens is 1. The average Bonchev–Trinajstić information content (AvgIpc) is 3.25. The summed E-state index contributed by atoms with van der Waals surface area (Å²) in [6.45, 7) is 0. The number of rotatable bonds is 2. The lowest BCUT2D eigenvalue weighted by atomic mass is 10.0. The predicted molar refractivity (Wildman–Crippen MR) is 108 cm³/mol. The maximum atomic E-state index is 10.4. The summed E-state index contributed by atoms with van der Waals surface area (Å²) in [5, 5.41) is 19.5. The van der Waals surface area contributed by atoms with Gasteiger partial charge < -0.3 is 10.8 Å². The van der Waals surface area contributed by atoms with E-state index in [4.69, 9.17) is 5.73 Å². The smallest absolute Gasteiger partial charge is 0.153 e. The fourth-order valence-electron chi connectivity index (χ4n) is 3.24. The molecule has 4 N–H and O–H groups in total. The molecule has 0 atom stereocenters. The zero-order valence-corrected chi connectivity index (χ0v) is 14.5. The van der Waals surface area contributed by atoms with Crippen LogP contribution in [-0.2, 0) is 0 Å². The third kappa shape index (κ3) is 2.33. The van der Waals surface area contributed by atoms with Crippen molar-refractivity contribution in [3.8, 4) is 27.3 Å². The molecule has 2 aromatic heterocycles. The number of aromatic hydroxyl groups is 1. The molecule has 0 radical (unpaired) electrons. The third-order valence-electron chi connectivity index (χ3n) is 4.61. The summed E-state index contributed by atoms with van der Waals surface area (Å²) in [5.41, 5.74) is 9.74. The summed E-state index contributed by atoms with van der Waals surface area (Å²) in [5.74, 6) is 0.773. The minimum atomic E-state index is 0.282. The Morgan fingerprint density at radius 1 is 0.923 bits per heavy atom. The molecule has 26 heavy (non-hydrogen) atoms. The van der Waals surface area contributed by atoms with E-state index in [-0.39, 0.29) is 5.75 Å². The van der Waals surface area contributed by atoms with Gasteiger partial charge in [0.25, 0.3) is 0 Å². The van der Waals surface area contributed by atoms with E-state index in [0.29, 0.717) is 5.82 Å². The number of benzene rings is 3. The Labute approximate surface area is 153 Å². The molecule has 5 heteroatoms. The highest BCUT2D eigenvalue weighted by molar-refractivity contribution is 7.22. The van der Waals surface area contributed by atoms with Crippen molar-refractivity contribution < 1.29 is 5.11 Å². The molecule has 3 aromatic carbocycles. The van der Waals surface area contributed by atoms with Crippen molar-refractivity contribution in [1.82, 2.24) is 10.2 Å². The summed E-state index contributed by atoms with van der Waals surface area (Å²) < 4.78 is 1.21. The first-order valence-electron chi connectivity index (χ1n) is 8.25. The van der Waals surface area contributed by atoms with Crippen LogP contribution >= 0.6 is 11.3 Å². The summed E-state index contributed by atoms with van der Waals surface area (Å²) in [6, 6.07) is 22.1. The molecule has 0 fully saturated rings. The number of phenols is 1. The van der Waals surface area contributed by atoms with Crippen molar-refractivity contribution in [2.45, 2.75) is 0 Å². The second-order valence-electron chi connectivity index (χ2n) is 6.25. The Morgan fingerprint density at radius 2 is 1.73 bits per heavy atom. The standard InChI is InChI=1S/C21H15N3OS/c22-21-15-9-12(5-7-17(15)23-24-21)13-6-8-18(25)16(10-13)20-11-14-3-1-2-4-19(14)26-20/h1-11,25H,(H3,22,23,24). The van der Waals surface area contributed by atoms with Gasteiger partial charge in [0.2, 0.25) is 0 Å². The predicted octanol–water partition coefficient (Wildman–Crippen LogP) is 5.40. The van der Waals surface area contributed by atoms with Crippen LogP contribution in [0.15, 0.2) is 66.7 Å². The Kier molecular flexibility index (Phi) is 3.23. The molecular formula is C21H15N3OS. The summed E-state index contributed by atoms with van der Waals surface area (Å²) in [6.07, 6.45) is 0. The van der Waals surface area contributed by atoms with E-state index in [2.05, 4.69) is 28.4 Å². The lowest BCUT2D eigenvalue weighted by Crippen LogP contribution is -1.85. The normalized spacial score (nSPS) is 11.4. The number of anilines is 1. The van der Waals surface area contributed by atoms with Gasteiger partial charge in [-0.15, -0.1) is 11.3 Å². The Bertz CT molecular complexity index is 1240. The fourth-order valence-corrected chi connectivity index (χ4v) is 4.33. The molecule has 0 amide bonds. The first-order chi connectivity index (χ1) is 12.7. The highest BCUT2D eigenvalue weighted by Gasteiger charge is 2.11. The molecule has 0 saturated carbocycles. The number of fused-ring (bicyclic) bond motifs is 2.